The second-order valence-electron chi connectivity index (χ2n) is 7.61. The first-order valence-electron chi connectivity index (χ1n) is 10.6. The zero-order valence-corrected chi connectivity index (χ0v) is 18.7. The summed E-state index contributed by atoms with van der Waals surface area (Å²) in [6, 6.07) is 21.7. The standard InChI is InChI=1S/C26H18FN3O3S/c27-18-10-12-19(13-11-18)30-25(33)22(16-17-6-2-1-3-7-17)28-26(30)34-15-14-29-23(31)20-8-4-5-9-21(20)24(29)32/h1-13,16H,14-15H2. The Kier molecular flexibility index (Phi) is 5.81. The Morgan fingerprint density at radius 2 is 1.41 bits per heavy atom. The Morgan fingerprint density at radius 1 is 0.794 bits per heavy atom. The summed E-state index contributed by atoms with van der Waals surface area (Å²) in [5.74, 6) is -1.06. The van der Waals surface area contributed by atoms with Gasteiger partial charge in [-0.3, -0.25) is 24.2 Å². The number of benzene rings is 3. The number of nitrogens with zero attached hydrogens (tertiary/aromatic N) is 3. The van der Waals surface area contributed by atoms with Gasteiger partial charge in [-0.25, -0.2) is 9.38 Å². The summed E-state index contributed by atoms with van der Waals surface area (Å²) in [4.78, 5) is 45.6. The minimum Gasteiger partial charge on any atom is -0.273 e. The third-order valence-corrected chi connectivity index (χ3v) is 6.36. The van der Waals surface area contributed by atoms with Gasteiger partial charge in [-0.05, 0) is 48.0 Å². The van der Waals surface area contributed by atoms with Crippen molar-refractivity contribution in [1.29, 1.82) is 0 Å². The van der Waals surface area contributed by atoms with E-state index in [1.165, 1.54) is 45.8 Å². The van der Waals surface area contributed by atoms with E-state index in [2.05, 4.69) is 4.99 Å². The van der Waals surface area contributed by atoms with Crippen LogP contribution in [0.15, 0.2) is 89.6 Å². The summed E-state index contributed by atoms with van der Waals surface area (Å²) in [5.41, 5.74) is 2.35. The molecule has 0 aliphatic carbocycles. The first-order chi connectivity index (χ1) is 16.5. The van der Waals surface area contributed by atoms with Crippen LogP contribution < -0.4 is 4.90 Å². The smallest absolute Gasteiger partial charge is 0.273 e. The van der Waals surface area contributed by atoms with Crippen molar-refractivity contribution >= 4 is 46.4 Å². The number of rotatable bonds is 5. The van der Waals surface area contributed by atoms with Gasteiger partial charge in [0, 0.05) is 12.3 Å². The van der Waals surface area contributed by atoms with Crippen LogP contribution in [-0.2, 0) is 4.79 Å². The average molecular weight is 472 g/mol. The monoisotopic (exact) mass is 471 g/mol. The van der Waals surface area contributed by atoms with E-state index >= 15 is 0 Å². The van der Waals surface area contributed by atoms with E-state index in [1.807, 2.05) is 30.3 Å². The summed E-state index contributed by atoms with van der Waals surface area (Å²) >= 11 is 1.25. The Labute approximate surface area is 199 Å². The second-order valence-corrected chi connectivity index (χ2v) is 8.67. The van der Waals surface area contributed by atoms with Crippen LogP contribution in [0.5, 0.6) is 0 Å². The quantitative estimate of drug-likeness (QED) is 0.403. The summed E-state index contributed by atoms with van der Waals surface area (Å²) in [5, 5.41) is 0.399. The van der Waals surface area contributed by atoms with Crippen molar-refractivity contribution in [2.75, 3.05) is 17.2 Å². The molecule has 0 radical (unpaired) electrons. The van der Waals surface area contributed by atoms with Gasteiger partial charge in [0.25, 0.3) is 17.7 Å². The van der Waals surface area contributed by atoms with E-state index in [-0.39, 0.29) is 30.0 Å². The van der Waals surface area contributed by atoms with Crippen LogP contribution in [0, 0.1) is 5.82 Å². The molecule has 0 atom stereocenters. The van der Waals surface area contributed by atoms with Crippen LogP contribution in [0.2, 0.25) is 0 Å². The minimum atomic E-state index is -0.410. The fourth-order valence-corrected chi connectivity index (χ4v) is 4.73. The number of thioether (sulfide) groups is 1. The molecule has 34 heavy (non-hydrogen) atoms. The molecule has 0 fully saturated rings. The summed E-state index contributed by atoms with van der Waals surface area (Å²) in [7, 11) is 0. The third kappa shape index (κ3) is 4.04. The summed E-state index contributed by atoms with van der Waals surface area (Å²) < 4.78 is 13.5. The molecule has 8 heteroatoms. The lowest BCUT2D eigenvalue weighted by Gasteiger charge is -2.19. The van der Waals surface area contributed by atoms with Gasteiger partial charge >= 0.3 is 0 Å². The van der Waals surface area contributed by atoms with E-state index < -0.39 is 5.82 Å². The lowest BCUT2D eigenvalue weighted by Crippen LogP contribution is -2.34. The molecule has 2 heterocycles. The van der Waals surface area contributed by atoms with Crippen LogP contribution in [0.4, 0.5) is 10.1 Å². The van der Waals surface area contributed by atoms with Gasteiger partial charge in [-0.15, -0.1) is 0 Å². The van der Waals surface area contributed by atoms with E-state index in [9.17, 15) is 18.8 Å². The number of carbonyl (C=O) groups excluding carboxylic acids is 3. The topological polar surface area (TPSA) is 70.0 Å². The lowest BCUT2D eigenvalue weighted by molar-refractivity contribution is -0.113. The Balaban J connectivity index is 1.37. The summed E-state index contributed by atoms with van der Waals surface area (Å²) in [6.07, 6.45) is 1.69. The molecule has 3 aromatic rings. The highest BCUT2D eigenvalue weighted by molar-refractivity contribution is 8.14. The number of fused-ring (bicyclic) bond motifs is 1. The Bertz CT molecular complexity index is 1320. The molecule has 2 aliphatic rings. The van der Waals surface area contributed by atoms with E-state index in [1.54, 1.807) is 30.3 Å². The second kappa shape index (κ2) is 9.07. The highest BCUT2D eigenvalue weighted by Gasteiger charge is 2.36. The number of amides is 3. The maximum absolute atomic E-state index is 13.5. The zero-order chi connectivity index (χ0) is 23.7. The fourth-order valence-electron chi connectivity index (χ4n) is 3.79. The molecule has 0 N–H and O–H groups in total. The normalized spacial score (nSPS) is 16.4. The number of carbonyl (C=O) groups is 3. The van der Waals surface area contributed by atoms with Crippen molar-refractivity contribution in [1.82, 2.24) is 4.90 Å². The molecule has 3 amide bonds. The highest BCUT2D eigenvalue weighted by Crippen LogP contribution is 2.30. The Morgan fingerprint density at radius 3 is 2.06 bits per heavy atom. The molecule has 3 aromatic carbocycles. The molecular formula is C26H18FN3O3S. The number of anilines is 1. The molecule has 168 valence electrons. The zero-order valence-electron chi connectivity index (χ0n) is 17.8. The molecule has 6 nitrogen and oxygen atoms in total. The van der Waals surface area contributed by atoms with Gasteiger partial charge in [0.2, 0.25) is 0 Å². The molecular weight excluding hydrogens is 453 g/mol. The Hall–Kier alpha value is -4.04. The predicted molar refractivity (Wildman–Crippen MR) is 130 cm³/mol. The van der Waals surface area contributed by atoms with Gasteiger partial charge in [-0.2, -0.15) is 0 Å². The highest BCUT2D eigenvalue weighted by atomic mass is 32.2. The van der Waals surface area contributed by atoms with Crippen molar-refractivity contribution in [3.8, 4) is 0 Å². The van der Waals surface area contributed by atoms with Gasteiger partial charge in [0.1, 0.15) is 11.5 Å². The van der Waals surface area contributed by atoms with Gasteiger partial charge in [0.15, 0.2) is 5.17 Å². The fraction of sp³-hybridized carbons (Fsp3) is 0.0769. The van der Waals surface area contributed by atoms with Gasteiger partial charge in [0.05, 0.1) is 16.8 Å². The SMILES string of the molecule is O=C1c2ccccc2C(=O)N1CCSC1=NC(=Cc2ccccc2)C(=O)N1c1ccc(F)cc1. The maximum atomic E-state index is 13.5. The number of aliphatic imine (C=N–C) groups is 1. The summed E-state index contributed by atoms with van der Waals surface area (Å²) in [6.45, 7) is 0.166. The van der Waals surface area contributed by atoms with E-state index in [0.29, 0.717) is 27.7 Å². The minimum absolute atomic E-state index is 0.166. The molecule has 0 bridgehead atoms. The lowest BCUT2D eigenvalue weighted by atomic mass is 10.1. The molecule has 0 unspecified atom stereocenters. The number of hydrogen-bond acceptors (Lipinski definition) is 5. The number of imide groups is 1. The van der Waals surface area contributed by atoms with Gasteiger partial charge in [-0.1, -0.05) is 54.2 Å². The molecule has 0 spiro atoms. The van der Waals surface area contributed by atoms with Crippen LogP contribution in [-0.4, -0.2) is 40.1 Å². The number of hydrogen-bond donors (Lipinski definition) is 0. The van der Waals surface area contributed by atoms with Gasteiger partial charge < -0.3 is 0 Å². The molecule has 0 aromatic heterocycles. The first kappa shape index (κ1) is 21.8. The van der Waals surface area contributed by atoms with Crippen LogP contribution in [0.25, 0.3) is 6.08 Å². The van der Waals surface area contributed by atoms with Crippen molar-refractivity contribution in [3.05, 3.63) is 107 Å². The van der Waals surface area contributed by atoms with Crippen LogP contribution in [0.3, 0.4) is 0 Å². The van der Waals surface area contributed by atoms with Crippen molar-refractivity contribution in [2.24, 2.45) is 4.99 Å². The molecule has 0 saturated carbocycles. The molecule has 2 aliphatic heterocycles. The number of halogens is 1. The third-order valence-electron chi connectivity index (χ3n) is 5.44. The van der Waals surface area contributed by atoms with Crippen molar-refractivity contribution in [3.63, 3.8) is 0 Å². The maximum Gasteiger partial charge on any atom is 0.283 e. The van der Waals surface area contributed by atoms with E-state index in [4.69, 9.17) is 0 Å². The largest absolute Gasteiger partial charge is 0.283 e. The number of amidine groups is 1. The average Bonchev–Trinajstić information content (AvgIpc) is 3.29. The molecule has 5 rings (SSSR count). The van der Waals surface area contributed by atoms with Crippen LogP contribution in [0.1, 0.15) is 26.3 Å². The molecule has 0 saturated heterocycles. The predicted octanol–water partition coefficient (Wildman–Crippen LogP) is 4.60. The van der Waals surface area contributed by atoms with Crippen LogP contribution >= 0.6 is 11.8 Å². The van der Waals surface area contributed by atoms with Crippen molar-refractivity contribution < 1.29 is 18.8 Å². The van der Waals surface area contributed by atoms with E-state index in [0.717, 1.165) is 5.56 Å². The van der Waals surface area contributed by atoms with Crippen molar-refractivity contribution in [2.45, 2.75) is 0 Å². The first-order valence-corrected chi connectivity index (χ1v) is 11.5.